The third-order valence-corrected chi connectivity index (χ3v) is 6.54. The lowest BCUT2D eigenvalue weighted by atomic mass is 9.93. The fourth-order valence-corrected chi connectivity index (χ4v) is 4.83. The molecular weight excluding hydrogens is 460 g/mol. The first-order valence-electron chi connectivity index (χ1n) is 11.6. The van der Waals surface area contributed by atoms with Crippen LogP contribution in [-0.2, 0) is 22.6 Å². The van der Waals surface area contributed by atoms with E-state index in [4.69, 9.17) is 14.2 Å². The summed E-state index contributed by atoms with van der Waals surface area (Å²) in [6, 6.07) is 13.1. The Morgan fingerprint density at radius 2 is 1.86 bits per heavy atom. The quantitative estimate of drug-likeness (QED) is 0.319. The normalized spacial score (nSPS) is 20.2. The molecule has 1 N–H and O–H groups in total. The summed E-state index contributed by atoms with van der Waals surface area (Å²) in [4.78, 5) is 32.2. The molecule has 2 aliphatic heterocycles. The minimum atomic E-state index is -0.897. The second-order valence-electron chi connectivity index (χ2n) is 8.85. The molecule has 0 bridgehead atoms. The van der Waals surface area contributed by atoms with Crippen molar-refractivity contribution >= 4 is 17.4 Å². The van der Waals surface area contributed by atoms with Gasteiger partial charge in [0.2, 0.25) is 0 Å². The van der Waals surface area contributed by atoms with Crippen LogP contribution in [0.3, 0.4) is 0 Å². The molecule has 0 spiro atoms. The van der Waals surface area contributed by atoms with Gasteiger partial charge < -0.3 is 24.2 Å². The fraction of sp³-hybridized carbons (Fsp3) is 0.250. The molecule has 0 radical (unpaired) electrons. The van der Waals surface area contributed by atoms with Crippen molar-refractivity contribution in [2.45, 2.75) is 32.0 Å². The number of carbonyl (C=O) groups is 2. The van der Waals surface area contributed by atoms with E-state index in [1.807, 2.05) is 13.0 Å². The average Bonchev–Trinajstić information content (AvgIpc) is 3.39. The van der Waals surface area contributed by atoms with E-state index < -0.39 is 17.7 Å². The van der Waals surface area contributed by atoms with Crippen LogP contribution in [-0.4, -0.2) is 47.0 Å². The fourth-order valence-electron chi connectivity index (χ4n) is 4.83. The summed E-state index contributed by atoms with van der Waals surface area (Å²) in [5, 5.41) is 11.5. The number of aliphatic hydroxyl groups is 1. The molecule has 184 valence electrons. The monoisotopic (exact) mass is 486 g/mol. The van der Waals surface area contributed by atoms with Crippen molar-refractivity contribution in [3.8, 4) is 17.2 Å². The number of hydrogen-bond acceptors (Lipinski definition) is 7. The topological polar surface area (TPSA) is 98.2 Å². The molecule has 1 aromatic heterocycles. The standard InChI is InChI=1S/C28H26N2O6/c1-16-12-19-13-18(4-6-22(19)36-16)26(31)24-25(21-14-20(34-2)5-7-23(21)35-3)30(28(33)27(24)32)15-17-8-10-29-11-9-17/h4-11,13-14,16,25,31H,12,15H2,1-3H3. The van der Waals surface area contributed by atoms with Crippen LogP contribution in [0.4, 0.5) is 0 Å². The van der Waals surface area contributed by atoms with Crippen LogP contribution in [0.2, 0.25) is 0 Å². The number of hydrogen-bond donors (Lipinski definition) is 1. The number of nitrogens with zero attached hydrogens (tertiary/aromatic N) is 2. The molecule has 8 heteroatoms. The molecule has 2 aliphatic rings. The Balaban J connectivity index is 1.69. The number of methoxy groups -OCH3 is 2. The van der Waals surface area contributed by atoms with E-state index in [1.165, 1.54) is 19.1 Å². The predicted octanol–water partition coefficient (Wildman–Crippen LogP) is 4.04. The maximum absolute atomic E-state index is 13.4. The van der Waals surface area contributed by atoms with E-state index >= 15 is 0 Å². The van der Waals surface area contributed by atoms with E-state index in [0.717, 1.165) is 16.9 Å². The van der Waals surface area contributed by atoms with Crippen LogP contribution >= 0.6 is 0 Å². The Hall–Kier alpha value is -4.33. The Bertz CT molecular complexity index is 1370. The third-order valence-electron chi connectivity index (χ3n) is 6.54. The second kappa shape index (κ2) is 9.37. The zero-order valence-electron chi connectivity index (χ0n) is 20.2. The van der Waals surface area contributed by atoms with Crippen molar-refractivity contribution in [3.05, 3.63) is 88.8 Å². The van der Waals surface area contributed by atoms with E-state index in [-0.39, 0.29) is 24.0 Å². The van der Waals surface area contributed by atoms with Crippen LogP contribution in [0.15, 0.2) is 66.5 Å². The molecule has 36 heavy (non-hydrogen) atoms. The number of pyridine rings is 1. The van der Waals surface area contributed by atoms with Gasteiger partial charge in [-0.1, -0.05) is 0 Å². The molecule has 2 atom stereocenters. The molecule has 3 aromatic rings. The number of amides is 1. The molecule has 1 saturated heterocycles. The minimum Gasteiger partial charge on any atom is -0.507 e. The molecule has 3 heterocycles. The van der Waals surface area contributed by atoms with Gasteiger partial charge in [0.15, 0.2) is 0 Å². The van der Waals surface area contributed by atoms with Gasteiger partial charge in [-0.2, -0.15) is 0 Å². The zero-order valence-corrected chi connectivity index (χ0v) is 20.2. The first-order chi connectivity index (χ1) is 17.4. The second-order valence-corrected chi connectivity index (χ2v) is 8.85. The molecule has 2 unspecified atom stereocenters. The van der Waals surface area contributed by atoms with Gasteiger partial charge in [-0.25, -0.2) is 0 Å². The number of Topliss-reactive ketones (excluding diaryl/α,β-unsaturated/α-hetero) is 1. The summed E-state index contributed by atoms with van der Waals surface area (Å²) in [7, 11) is 3.05. The number of ketones is 1. The van der Waals surface area contributed by atoms with Crippen LogP contribution in [0.25, 0.3) is 5.76 Å². The highest BCUT2D eigenvalue weighted by Crippen LogP contribution is 2.45. The Morgan fingerprint density at radius 3 is 2.58 bits per heavy atom. The highest BCUT2D eigenvalue weighted by atomic mass is 16.5. The number of ether oxygens (including phenoxy) is 3. The number of aliphatic hydroxyl groups excluding tert-OH is 1. The first kappa shape index (κ1) is 23.4. The van der Waals surface area contributed by atoms with Gasteiger partial charge in [-0.3, -0.25) is 14.6 Å². The number of likely N-dealkylation sites (tertiary alicyclic amines) is 1. The average molecular weight is 487 g/mol. The van der Waals surface area contributed by atoms with Gasteiger partial charge in [0.25, 0.3) is 11.7 Å². The molecular formula is C28H26N2O6. The lowest BCUT2D eigenvalue weighted by Gasteiger charge is -2.27. The molecule has 2 aromatic carbocycles. The molecule has 5 rings (SSSR count). The Morgan fingerprint density at radius 1 is 1.08 bits per heavy atom. The summed E-state index contributed by atoms with van der Waals surface area (Å²) in [5.41, 5.74) is 2.70. The lowest BCUT2D eigenvalue weighted by Crippen LogP contribution is -2.29. The van der Waals surface area contributed by atoms with Gasteiger partial charge in [0.1, 0.15) is 29.1 Å². The van der Waals surface area contributed by atoms with Crippen molar-refractivity contribution in [3.63, 3.8) is 0 Å². The molecule has 0 saturated carbocycles. The van der Waals surface area contributed by atoms with Crippen LogP contribution in [0.5, 0.6) is 17.2 Å². The van der Waals surface area contributed by atoms with Crippen molar-refractivity contribution in [1.29, 1.82) is 0 Å². The van der Waals surface area contributed by atoms with E-state index in [0.29, 0.717) is 29.0 Å². The van der Waals surface area contributed by atoms with Gasteiger partial charge in [0.05, 0.1) is 25.8 Å². The summed E-state index contributed by atoms with van der Waals surface area (Å²) in [6.07, 6.45) is 3.98. The van der Waals surface area contributed by atoms with Crippen molar-refractivity contribution in [1.82, 2.24) is 9.88 Å². The lowest BCUT2D eigenvalue weighted by molar-refractivity contribution is -0.140. The summed E-state index contributed by atoms with van der Waals surface area (Å²) < 4.78 is 16.8. The highest BCUT2D eigenvalue weighted by Gasteiger charge is 2.47. The molecule has 8 nitrogen and oxygen atoms in total. The number of rotatable bonds is 6. The van der Waals surface area contributed by atoms with E-state index in [2.05, 4.69) is 4.98 Å². The first-order valence-corrected chi connectivity index (χ1v) is 11.6. The molecule has 1 fully saturated rings. The van der Waals surface area contributed by atoms with Crippen molar-refractivity contribution in [2.24, 2.45) is 0 Å². The van der Waals surface area contributed by atoms with E-state index in [1.54, 1.807) is 54.9 Å². The highest BCUT2D eigenvalue weighted by molar-refractivity contribution is 6.46. The summed E-state index contributed by atoms with van der Waals surface area (Å²) >= 11 is 0. The SMILES string of the molecule is COc1ccc(OC)c(C2C(=C(O)c3ccc4c(c3)CC(C)O4)C(=O)C(=O)N2Cc2ccncc2)c1. The van der Waals surface area contributed by atoms with E-state index in [9.17, 15) is 14.7 Å². The summed E-state index contributed by atoms with van der Waals surface area (Å²) in [6.45, 7) is 2.11. The predicted molar refractivity (Wildman–Crippen MR) is 132 cm³/mol. The smallest absolute Gasteiger partial charge is 0.295 e. The van der Waals surface area contributed by atoms with Gasteiger partial charge in [-0.05, 0) is 66.6 Å². The third kappa shape index (κ3) is 4.04. The Labute approximate surface area is 208 Å². The number of aromatic nitrogens is 1. The number of carbonyl (C=O) groups excluding carboxylic acids is 2. The number of benzene rings is 2. The van der Waals surface area contributed by atoms with Crippen molar-refractivity contribution in [2.75, 3.05) is 14.2 Å². The summed E-state index contributed by atoms with van der Waals surface area (Å²) in [5.74, 6) is 0.0300. The van der Waals surface area contributed by atoms with Gasteiger partial charge in [-0.15, -0.1) is 0 Å². The number of fused-ring (bicyclic) bond motifs is 1. The zero-order chi connectivity index (χ0) is 25.4. The van der Waals surface area contributed by atoms with Crippen LogP contribution in [0, 0.1) is 0 Å². The molecule has 0 aliphatic carbocycles. The maximum Gasteiger partial charge on any atom is 0.295 e. The molecule has 1 amide bonds. The van der Waals surface area contributed by atoms with Gasteiger partial charge in [0, 0.05) is 36.5 Å². The minimum absolute atomic E-state index is 0.00692. The van der Waals surface area contributed by atoms with Gasteiger partial charge >= 0.3 is 0 Å². The van der Waals surface area contributed by atoms with Crippen LogP contribution < -0.4 is 14.2 Å². The van der Waals surface area contributed by atoms with Crippen molar-refractivity contribution < 1.29 is 28.9 Å². The Kier molecular flexibility index (Phi) is 6.10. The largest absolute Gasteiger partial charge is 0.507 e. The maximum atomic E-state index is 13.4. The van der Waals surface area contributed by atoms with Crippen LogP contribution in [0.1, 0.15) is 35.2 Å².